The number of carbonyl (C=O) groups excluding carboxylic acids is 1. The molecule has 138 valence electrons. The molecule has 1 aliphatic heterocycles. The van der Waals surface area contributed by atoms with Gasteiger partial charge in [-0.2, -0.15) is 0 Å². The first-order valence-corrected chi connectivity index (χ1v) is 9.31. The van der Waals surface area contributed by atoms with E-state index in [9.17, 15) is 4.79 Å². The van der Waals surface area contributed by atoms with Crippen molar-refractivity contribution in [1.82, 2.24) is 15.2 Å². The fourth-order valence-electron chi connectivity index (χ4n) is 3.38. The summed E-state index contributed by atoms with van der Waals surface area (Å²) in [6.07, 6.45) is 5.32. The molecule has 1 unspecified atom stereocenters. The molecule has 1 amide bonds. The van der Waals surface area contributed by atoms with Crippen LogP contribution in [0.3, 0.4) is 0 Å². The molecule has 1 aromatic carbocycles. The number of hydrogen-bond acceptors (Lipinski definition) is 4. The molecule has 0 saturated carbocycles. The van der Waals surface area contributed by atoms with Crippen LogP contribution < -0.4 is 5.32 Å². The number of hydrogen-bond donors (Lipinski definition) is 1. The van der Waals surface area contributed by atoms with Crippen molar-refractivity contribution in [1.29, 1.82) is 0 Å². The zero-order chi connectivity index (χ0) is 18.4. The second kappa shape index (κ2) is 8.81. The van der Waals surface area contributed by atoms with Crippen LogP contribution in [-0.4, -0.2) is 41.7 Å². The van der Waals surface area contributed by atoms with E-state index in [0.29, 0.717) is 12.6 Å². The van der Waals surface area contributed by atoms with Gasteiger partial charge < -0.3 is 15.0 Å². The molecule has 2 aromatic rings. The number of benzene rings is 1. The molecule has 3 rings (SSSR count). The van der Waals surface area contributed by atoms with Crippen molar-refractivity contribution in [2.75, 3.05) is 19.7 Å². The van der Waals surface area contributed by atoms with Crippen LogP contribution >= 0.6 is 0 Å². The molecule has 1 N–H and O–H groups in total. The van der Waals surface area contributed by atoms with E-state index < -0.39 is 0 Å². The van der Waals surface area contributed by atoms with Gasteiger partial charge in [0.1, 0.15) is 0 Å². The maximum Gasteiger partial charge on any atom is 0.409 e. The third-order valence-electron chi connectivity index (χ3n) is 4.87. The number of piperidine rings is 1. The van der Waals surface area contributed by atoms with Crippen LogP contribution in [0, 0.1) is 6.92 Å². The van der Waals surface area contributed by atoms with Gasteiger partial charge in [0, 0.05) is 31.5 Å². The van der Waals surface area contributed by atoms with Gasteiger partial charge in [-0.25, -0.2) is 4.79 Å². The van der Waals surface area contributed by atoms with Crippen molar-refractivity contribution in [3.8, 4) is 0 Å². The number of pyridine rings is 1. The Balaban J connectivity index is 1.69. The first-order chi connectivity index (χ1) is 12.7. The number of nitrogens with one attached hydrogen (secondary N) is 1. The molecule has 1 fully saturated rings. The minimum Gasteiger partial charge on any atom is -0.450 e. The Morgan fingerprint density at radius 1 is 1.15 bits per heavy atom. The molecular weight excluding hydrogens is 326 g/mol. The summed E-state index contributed by atoms with van der Waals surface area (Å²) < 4.78 is 5.11. The van der Waals surface area contributed by atoms with Crippen molar-refractivity contribution in [2.45, 2.75) is 38.8 Å². The summed E-state index contributed by atoms with van der Waals surface area (Å²) >= 11 is 0. The van der Waals surface area contributed by atoms with Crippen LogP contribution in [-0.2, 0) is 4.74 Å². The quantitative estimate of drug-likeness (QED) is 0.891. The number of aromatic nitrogens is 1. The molecule has 26 heavy (non-hydrogen) atoms. The van der Waals surface area contributed by atoms with E-state index in [1.165, 1.54) is 16.7 Å². The Labute approximate surface area is 155 Å². The maximum atomic E-state index is 11.9. The van der Waals surface area contributed by atoms with Crippen LogP contribution in [0.1, 0.15) is 42.5 Å². The average Bonchev–Trinajstić information content (AvgIpc) is 2.68. The highest BCUT2D eigenvalue weighted by atomic mass is 16.6. The van der Waals surface area contributed by atoms with Crippen LogP contribution in [0.25, 0.3) is 0 Å². The molecule has 2 heterocycles. The van der Waals surface area contributed by atoms with Crippen LogP contribution in [0.15, 0.2) is 48.8 Å². The number of amides is 1. The van der Waals surface area contributed by atoms with Gasteiger partial charge in [0.2, 0.25) is 0 Å². The molecule has 0 radical (unpaired) electrons. The number of aryl methyl sites for hydroxylation is 1. The lowest BCUT2D eigenvalue weighted by atomic mass is 9.95. The first kappa shape index (κ1) is 18.4. The zero-order valence-corrected chi connectivity index (χ0v) is 15.5. The second-order valence-electron chi connectivity index (χ2n) is 6.75. The summed E-state index contributed by atoms with van der Waals surface area (Å²) in [6.45, 7) is 5.83. The number of rotatable bonds is 5. The van der Waals surface area contributed by atoms with Gasteiger partial charge in [-0.3, -0.25) is 4.98 Å². The normalized spacial score (nSPS) is 16.3. The van der Waals surface area contributed by atoms with Crippen LogP contribution in [0.4, 0.5) is 4.79 Å². The summed E-state index contributed by atoms with van der Waals surface area (Å²) in [7, 11) is 0. The highest BCUT2D eigenvalue weighted by Gasteiger charge is 2.26. The smallest absolute Gasteiger partial charge is 0.409 e. The number of ether oxygens (including phenoxy) is 1. The van der Waals surface area contributed by atoms with Gasteiger partial charge in [-0.05, 0) is 49.9 Å². The Hall–Kier alpha value is -2.40. The Bertz CT molecular complexity index is 695. The number of carbonyl (C=O) groups is 1. The lowest BCUT2D eigenvalue weighted by Crippen LogP contribution is -2.46. The molecule has 0 aliphatic carbocycles. The summed E-state index contributed by atoms with van der Waals surface area (Å²) in [4.78, 5) is 17.8. The molecule has 5 heteroatoms. The minimum absolute atomic E-state index is 0.123. The monoisotopic (exact) mass is 353 g/mol. The van der Waals surface area contributed by atoms with Gasteiger partial charge in [0.05, 0.1) is 12.6 Å². The third-order valence-corrected chi connectivity index (χ3v) is 4.87. The molecular formula is C21H27N3O2. The SMILES string of the molecule is CCOC(=O)N1CCC(NC(c2ccncc2)c2ccc(C)cc2)CC1. The lowest BCUT2D eigenvalue weighted by molar-refractivity contribution is 0.0945. The molecule has 1 aliphatic rings. The average molecular weight is 353 g/mol. The van der Waals surface area contributed by atoms with Gasteiger partial charge in [0.15, 0.2) is 0 Å². The summed E-state index contributed by atoms with van der Waals surface area (Å²) in [5.41, 5.74) is 3.70. The van der Waals surface area contributed by atoms with Crippen molar-refractivity contribution in [3.05, 3.63) is 65.5 Å². The zero-order valence-electron chi connectivity index (χ0n) is 15.5. The summed E-state index contributed by atoms with van der Waals surface area (Å²) in [5, 5.41) is 3.79. The fraction of sp³-hybridized carbons (Fsp3) is 0.429. The van der Waals surface area contributed by atoms with E-state index in [-0.39, 0.29) is 12.1 Å². The number of nitrogens with zero attached hydrogens (tertiary/aromatic N) is 2. The Kier molecular flexibility index (Phi) is 6.23. The lowest BCUT2D eigenvalue weighted by Gasteiger charge is -2.34. The first-order valence-electron chi connectivity index (χ1n) is 9.31. The largest absolute Gasteiger partial charge is 0.450 e. The summed E-state index contributed by atoms with van der Waals surface area (Å²) in [5.74, 6) is 0. The molecule has 0 spiro atoms. The van der Waals surface area contributed by atoms with E-state index in [1.807, 2.05) is 19.3 Å². The van der Waals surface area contributed by atoms with E-state index in [0.717, 1.165) is 25.9 Å². The van der Waals surface area contributed by atoms with E-state index in [2.05, 4.69) is 53.6 Å². The van der Waals surface area contributed by atoms with E-state index in [4.69, 9.17) is 4.74 Å². The van der Waals surface area contributed by atoms with Crippen LogP contribution in [0.5, 0.6) is 0 Å². The molecule has 1 atom stereocenters. The van der Waals surface area contributed by atoms with Crippen LogP contribution in [0.2, 0.25) is 0 Å². The van der Waals surface area contributed by atoms with Crippen molar-refractivity contribution >= 4 is 6.09 Å². The van der Waals surface area contributed by atoms with E-state index in [1.54, 1.807) is 4.90 Å². The highest BCUT2D eigenvalue weighted by molar-refractivity contribution is 5.67. The van der Waals surface area contributed by atoms with Gasteiger partial charge in [-0.15, -0.1) is 0 Å². The van der Waals surface area contributed by atoms with Crippen molar-refractivity contribution in [2.24, 2.45) is 0 Å². The standard InChI is InChI=1S/C21H27N3O2/c1-3-26-21(25)24-14-10-19(11-15-24)23-20(18-8-12-22-13-9-18)17-6-4-16(2)5-7-17/h4-9,12-13,19-20,23H,3,10-11,14-15H2,1-2H3. The predicted octanol–water partition coefficient (Wildman–Crippen LogP) is 3.69. The Morgan fingerprint density at radius 3 is 2.38 bits per heavy atom. The maximum absolute atomic E-state index is 11.9. The predicted molar refractivity (Wildman–Crippen MR) is 102 cm³/mol. The van der Waals surface area contributed by atoms with Gasteiger partial charge in [0.25, 0.3) is 0 Å². The highest BCUT2D eigenvalue weighted by Crippen LogP contribution is 2.25. The second-order valence-corrected chi connectivity index (χ2v) is 6.75. The minimum atomic E-state index is -0.199. The number of likely N-dealkylation sites (tertiary alicyclic amines) is 1. The molecule has 5 nitrogen and oxygen atoms in total. The molecule has 0 bridgehead atoms. The van der Waals surface area contributed by atoms with E-state index >= 15 is 0 Å². The van der Waals surface area contributed by atoms with Crippen molar-refractivity contribution in [3.63, 3.8) is 0 Å². The molecule has 1 saturated heterocycles. The Morgan fingerprint density at radius 2 is 1.77 bits per heavy atom. The van der Waals surface area contributed by atoms with Crippen molar-refractivity contribution < 1.29 is 9.53 Å². The van der Waals surface area contributed by atoms with Gasteiger partial charge in [-0.1, -0.05) is 29.8 Å². The molecule has 1 aromatic heterocycles. The topological polar surface area (TPSA) is 54.5 Å². The van der Waals surface area contributed by atoms with Gasteiger partial charge >= 0.3 is 6.09 Å². The summed E-state index contributed by atoms with van der Waals surface area (Å²) in [6, 6.07) is 13.3. The third kappa shape index (κ3) is 4.61. The fourth-order valence-corrected chi connectivity index (χ4v) is 3.38.